The third-order valence-corrected chi connectivity index (χ3v) is 5.46. The second-order valence-corrected chi connectivity index (χ2v) is 6.77. The van der Waals surface area contributed by atoms with Crippen LogP contribution in [0.25, 0.3) is 0 Å². The van der Waals surface area contributed by atoms with Gasteiger partial charge in [0.05, 0.1) is 0 Å². The Hall–Kier alpha value is -0.823. The van der Waals surface area contributed by atoms with Crippen molar-refractivity contribution in [3.05, 3.63) is 35.4 Å². The van der Waals surface area contributed by atoms with Crippen molar-refractivity contribution in [3.8, 4) is 0 Å². The van der Waals surface area contributed by atoms with Gasteiger partial charge in [0.1, 0.15) is 11.6 Å². The lowest BCUT2D eigenvalue weighted by molar-refractivity contribution is 0.104. The third kappa shape index (κ3) is 4.13. The number of hydrogen-bond acceptors (Lipinski definition) is 3. The highest BCUT2D eigenvalue weighted by atomic mass is 28.4. The Labute approximate surface area is 107 Å². The first-order chi connectivity index (χ1) is 8.55. The predicted molar refractivity (Wildman–Crippen MR) is 66.3 cm³/mol. The number of rotatable bonds is 7. The molecule has 0 fully saturated rings. The summed E-state index contributed by atoms with van der Waals surface area (Å²) < 4.78 is 42.2. The van der Waals surface area contributed by atoms with E-state index < -0.39 is 20.4 Å². The second kappa shape index (κ2) is 6.94. The van der Waals surface area contributed by atoms with Crippen molar-refractivity contribution in [1.29, 1.82) is 0 Å². The normalized spacial score (nSPS) is 11.8. The summed E-state index contributed by atoms with van der Waals surface area (Å²) >= 11 is 0. The Kier molecular flexibility index (Phi) is 5.87. The third-order valence-electron chi connectivity index (χ3n) is 2.63. The number of benzene rings is 1. The minimum absolute atomic E-state index is 0.447. The van der Waals surface area contributed by atoms with Gasteiger partial charge in [0.15, 0.2) is 0 Å². The van der Waals surface area contributed by atoms with E-state index in [-0.39, 0.29) is 0 Å². The monoisotopic (exact) mass is 276 g/mol. The van der Waals surface area contributed by atoms with Gasteiger partial charge in [-0.3, -0.25) is 0 Å². The molecule has 0 aromatic heterocycles. The molecule has 3 nitrogen and oxygen atoms in total. The average molecular weight is 276 g/mol. The molecule has 18 heavy (non-hydrogen) atoms. The molecule has 102 valence electrons. The summed E-state index contributed by atoms with van der Waals surface area (Å²) in [4.78, 5) is 0. The first-order valence-electron chi connectivity index (χ1n) is 5.74. The molecule has 1 rings (SSSR count). The van der Waals surface area contributed by atoms with Crippen LogP contribution >= 0.6 is 0 Å². The lowest BCUT2D eigenvalue weighted by Crippen LogP contribution is -2.44. The Morgan fingerprint density at radius 1 is 1.06 bits per heavy atom. The number of aryl methyl sites for hydroxylation is 1. The van der Waals surface area contributed by atoms with Crippen molar-refractivity contribution in [3.63, 3.8) is 0 Å². The van der Waals surface area contributed by atoms with E-state index in [4.69, 9.17) is 13.3 Å². The van der Waals surface area contributed by atoms with Crippen LogP contribution in [0.3, 0.4) is 0 Å². The zero-order valence-electron chi connectivity index (χ0n) is 10.8. The van der Waals surface area contributed by atoms with Gasteiger partial charge in [0.2, 0.25) is 0 Å². The molecule has 1 aromatic carbocycles. The van der Waals surface area contributed by atoms with Crippen LogP contribution < -0.4 is 0 Å². The van der Waals surface area contributed by atoms with Gasteiger partial charge < -0.3 is 13.3 Å². The molecular formula is C12H18F2O3Si. The molecule has 6 heteroatoms. The zero-order chi connectivity index (χ0) is 13.6. The molecule has 0 aliphatic rings. The van der Waals surface area contributed by atoms with Crippen LogP contribution in [0, 0.1) is 11.6 Å². The molecule has 0 N–H and O–H groups in total. The maximum absolute atomic E-state index is 13.0. The lowest BCUT2D eigenvalue weighted by Gasteiger charge is -2.25. The Bertz CT molecular complexity index is 363. The molecule has 0 atom stereocenters. The van der Waals surface area contributed by atoms with E-state index in [1.807, 2.05) is 6.92 Å². The summed E-state index contributed by atoms with van der Waals surface area (Å²) in [5.74, 6) is -1.16. The standard InChI is InChI=1S/C12H18F2O3Si/c1-4-17-18(15-2,16-3)6-5-10-7-11(13)9-12(14)8-10/h7-9H,4-6H2,1-3H3. The molecule has 0 spiro atoms. The topological polar surface area (TPSA) is 27.7 Å². The van der Waals surface area contributed by atoms with Gasteiger partial charge in [-0.25, -0.2) is 8.78 Å². The van der Waals surface area contributed by atoms with E-state index in [9.17, 15) is 8.78 Å². The first kappa shape index (κ1) is 15.2. The maximum atomic E-state index is 13.0. The minimum atomic E-state index is -2.71. The highest BCUT2D eigenvalue weighted by Gasteiger charge is 2.38. The molecule has 0 saturated carbocycles. The SMILES string of the molecule is CCO[Si](CCc1cc(F)cc(F)c1)(OC)OC. The van der Waals surface area contributed by atoms with Crippen molar-refractivity contribution in [2.45, 2.75) is 19.4 Å². The number of halogens is 2. The van der Waals surface area contributed by atoms with Crippen LogP contribution in [0.15, 0.2) is 18.2 Å². The largest absolute Gasteiger partial charge is 0.500 e. The fraction of sp³-hybridized carbons (Fsp3) is 0.500. The first-order valence-corrected chi connectivity index (χ1v) is 7.67. The van der Waals surface area contributed by atoms with Gasteiger partial charge in [0, 0.05) is 32.9 Å². The summed E-state index contributed by atoms with van der Waals surface area (Å²) in [6.45, 7) is 2.33. The van der Waals surface area contributed by atoms with Gasteiger partial charge in [-0.2, -0.15) is 0 Å². The van der Waals surface area contributed by atoms with Crippen LogP contribution in [0.1, 0.15) is 12.5 Å². The van der Waals surface area contributed by atoms with E-state index in [2.05, 4.69) is 0 Å². The zero-order valence-corrected chi connectivity index (χ0v) is 11.8. The molecule has 0 radical (unpaired) electrons. The summed E-state index contributed by atoms with van der Waals surface area (Å²) in [5, 5.41) is 0. The van der Waals surface area contributed by atoms with Crippen LogP contribution in [0.5, 0.6) is 0 Å². The summed E-state index contributed by atoms with van der Waals surface area (Å²) in [7, 11) is 0.345. The predicted octanol–water partition coefficient (Wildman–Crippen LogP) is 2.78. The van der Waals surface area contributed by atoms with Gasteiger partial charge in [-0.1, -0.05) is 0 Å². The lowest BCUT2D eigenvalue weighted by atomic mass is 10.2. The Morgan fingerprint density at radius 3 is 2.06 bits per heavy atom. The number of hydrogen-bond donors (Lipinski definition) is 0. The molecule has 0 saturated heterocycles. The van der Waals surface area contributed by atoms with Gasteiger partial charge in [-0.15, -0.1) is 0 Å². The van der Waals surface area contributed by atoms with Crippen LogP contribution in [-0.4, -0.2) is 29.6 Å². The Morgan fingerprint density at radius 2 is 1.61 bits per heavy atom. The molecule has 0 amide bonds. The van der Waals surface area contributed by atoms with Gasteiger partial charge in [-0.05, 0) is 31.0 Å². The Balaban J connectivity index is 2.72. The molecule has 0 aliphatic heterocycles. The van der Waals surface area contributed by atoms with E-state index in [1.165, 1.54) is 26.4 Å². The molecular weight excluding hydrogens is 258 g/mol. The fourth-order valence-electron chi connectivity index (χ4n) is 1.75. The molecule has 1 aromatic rings. The second-order valence-electron chi connectivity index (χ2n) is 3.80. The highest BCUT2D eigenvalue weighted by molar-refractivity contribution is 6.60. The summed E-state index contributed by atoms with van der Waals surface area (Å²) in [5.41, 5.74) is 0.568. The minimum Gasteiger partial charge on any atom is -0.377 e. The van der Waals surface area contributed by atoms with Crippen molar-refractivity contribution >= 4 is 8.80 Å². The van der Waals surface area contributed by atoms with Crippen LogP contribution in [0.4, 0.5) is 8.78 Å². The van der Waals surface area contributed by atoms with E-state index >= 15 is 0 Å². The smallest absolute Gasteiger partial charge is 0.377 e. The van der Waals surface area contributed by atoms with Crippen molar-refractivity contribution in [2.75, 3.05) is 20.8 Å². The van der Waals surface area contributed by atoms with Crippen molar-refractivity contribution in [2.24, 2.45) is 0 Å². The average Bonchev–Trinajstić information content (AvgIpc) is 2.33. The van der Waals surface area contributed by atoms with E-state index in [0.717, 1.165) is 6.07 Å². The quantitative estimate of drug-likeness (QED) is 0.717. The fourth-order valence-corrected chi connectivity index (χ4v) is 3.74. The van der Waals surface area contributed by atoms with Crippen LogP contribution in [0.2, 0.25) is 6.04 Å². The maximum Gasteiger partial charge on any atom is 0.500 e. The summed E-state index contributed by atoms with van der Waals surface area (Å²) in [6.07, 6.45) is 0.447. The van der Waals surface area contributed by atoms with E-state index in [0.29, 0.717) is 24.6 Å². The molecule has 0 heterocycles. The van der Waals surface area contributed by atoms with Gasteiger partial charge >= 0.3 is 8.80 Å². The highest BCUT2D eigenvalue weighted by Crippen LogP contribution is 2.18. The van der Waals surface area contributed by atoms with Gasteiger partial charge in [0.25, 0.3) is 0 Å². The summed E-state index contributed by atoms with van der Waals surface area (Å²) in [6, 6.07) is 3.94. The van der Waals surface area contributed by atoms with Crippen LogP contribution in [-0.2, 0) is 19.7 Å². The molecule has 0 bridgehead atoms. The molecule has 0 unspecified atom stereocenters. The van der Waals surface area contributed by atoms with Crippen molar-refractivity contribution < 1.29 is 22.1 Å². The molecule has 0 aliphatic carbocycles. The van der Waals surface area contributed by atoms with E-state index in [1.54, 1.807) is 0 Å². The van der Waals surface area contributed by atoms with Crippen molar-refractivity contribution in [1.82, 2.24) is 0 Å².